The molecule has 2 aromatic rings. The molecule has 0 aliphatic carbocycles. The van der Waals surface area contributed by atoms with Crippen LogP contribution in [0.2, 0.25) is 0 Å². The van der Waals surface area contributed by atoms with Crippen LogP contribution in [0.5, 0.6) is 11.5 Å². The predicted octanol–water partition coefficient (Wildman–Crippen LogP) is 4.02. The van der Waals surface area contributed by atoms with Crippen LogP contribution in [0.4, 0.5) is 0 Å². The topological polar surface area (TPSA) is 47.9 Å². The van der Waals surface area contributed by atoms with Gasteiger partial charge < -0.3 is 19.3 Å². The second kappa shape index (κ2) is 8.51. The Morgan fingerprint density at radius 1 is 1.04 bits per heavy atom. The van der Waals surface area contributed by atoms with Crippen molar-refractivity contribution in [1.29, 1.82) is 0 Å². The summed E-state index contributed by atoms with van der Waals surface area (Å²) >= 11 is 0. The minimum atomic E-state index is -1.45. The van der Waals surface area contributed by atoms with E-state index in [9.17, 15) is 5.11 Å². The van der Waals surface area contributed by atoms with Gasteiger partial charge in [-0.15, -0.1) is 6.58 Å². The van der Waals surface area contributed by atoms with Crippen LogP contribution >= 0.6 is 0 Å². The minimum absolute atomic E-state index is 0.280. The van der Waals surface area contributed by atoms with Crippen molar-refractivity contribution < 1.29 is 19.3 Å². The van der Waals surface area contributed by atoms with Crippen molar-refractivity contribution in [2.24, 2.45) is 0 Å². The molecule has 0 saturated heterocycles. The molecular formula is C21H24O4. The third-order valence-corrected chi connectivity index (χ3v) is 4.02. The highest BCUT2D eigenvalue weighted by Gasteiger charge is 2.38. The molecular weight excluding hydrogens is 316 g/mol. The van der Waals surface area contributed by atoms with Gasteiger partial charge in [-0.2, -0.15) is 0 Å². The smallest absolute Gasteiger partial charge is 0.138 e. The highest BCUT2D eigenvalue weighted by Crippen LogP contribution is 2.40. The van der Waals surface area contributed by atoms with E-state index in [2.05, 4.69) is 13.2 Å². The SMILES string of the molecule is C=CCO[C@H](c1cccc(OC)c1)[C@](O)(C=C)c1cccc(OC)c1. The second-order valence-electron chi connectivity index (χ2n) is 5.54. The fraction of sp³-hybridized carbons (Fsp3) is 0.238. The number of benzene rings is 2. The molecule has 0 aromatic heterocycles. The van der Waals surface area contributed by atoms with Crippen LogP contribution in [-0.4, -0.2) is 25.9 Å². The lowest BCUT2D eigenvalue weighted by Crippen LogP contribution is -2.33. The Kier molecular flexibility index (Phi) is 6.39. The molecule has 0 saturated carbocycles. The van der Waals surface area contributed by atoms with Gasteiger partial charge in [0.1, 0.15) is 23.2 Å². The summed E-state index contributed by atoms with van der Waals surface area (Å²) in [6.45, 7) is 7.80. The molecule has 4 heteroatoms. The van der Waals surface area contributed by atoms with Crippen molar-refractivity contribution >= 4 is 0 Å². The van der Waals surface area contributed by atoms with Crippen LogP contribution in [0.25, 0.3) is 0 Å². The van der Waals surface area contributed by atoms with Gasteiger partial charge in [0.25, 0.3) is 0 Å². The van der Waals surface area contributed by atoms with E-state index in [-0.39, 0.29) is 6.61 Å². The molecule has 132 valence electrons. The molecule has 25 heavy (non-hydrogen) atoms. The summed E-state index contributed by atoms with van der Waals surface area (Å²) < 4.78 is 16.5. The molecule has 2 aromatic carbocycles. The van der Waals surface area contributed by atoms with Gasteiger partial charge >= 0.3 is 0 Å². The first-order valence-corrected chi connectivity index (χ1v) is 7.96. The van der Waals surface area contributed by atoms with Gasteiger partial charge in [-0.25, -0.2) is 0 Å². The van der Waals surface area contributed by atoms with Crippen molar-refractivity contribution in [2.75, 3.05) is 20.8 Å². The van der Waals surface area contributed by atoms with Gasteiger partial charge in [0, 0.05) is 0 Å². The summed E-state index contributed by atoms with van der Waals surface area (Å²) in [5, 5.41) is 11.4. The standard InChI is InChI=1S/C21H24O4/c1-5-13-25-20(16-9-7-11-18(14-16)23-3)21(22,6-2)17-10-8-12-19(15-17)24-4/h5-12,14-15,20,22H,1-2,13H2,3-4H3/t20-,21+/m1/s1. The Bertz CT molecular complexity index is 725. The number of hydrogen-bond acceptors (Lipinski definition) is 4. The lowest BCUT2D eigenvalue weighted by molar-refractivity contribution is -0.0804. The first-order chi connectivity index (χ1) is 12.1. The molecule has 1 N–H and O–H groups in total. The summed E-state index contributed by atoms with van der Waals surface area (Å²) in [5.74, 6) is 1.33. The number of hydrogen-bond donors (Lipinski definition) is 1. The molecule has 2 atom stereocenters. The number of ether oxygens (including phenoxy) is 3. The minimum Gasteiger partial charge on any atom is -0.497 e. The molecule has 0 heterocycles. The van der Waals surface area contributed by atoms with Crippen molar-refractivity contribution in [3.8, 4) is 11.5 Å². The predicted molar refractivity (Wildman–Crippen MR) is 99.0 cm³/mol. The average Bonchev–Trinajstić information content (AvgIpc) is 2.68. The zero-order valence-corrected chi connectivity index (χ0v) is 14.6. The van der Waals surface area contributed by atoms with Crippen LogP contribution < -0.4 is 9.47 Å². The van der Waals surface area contributed by atoms with Gasteiger partial charge in [-0.05, 0) is 35.4 Å². The van der Waals surface area contributed by atoms with Crippen molar-refractivity contribution in [1.82, 2.24) is 0 Å². The summed E-state index contributed by atoms with van der Waals surface area (Å²) in [7, 11) is 3.18. The zero-order valence-electron chi connectivity index (χ0n) is 14.6. The Morgan fingerprint density at radius 2 is 1.68 bits per heavy atom. The fourth-order valence-electron chi connectivity index (χ4n) is 2.69. The number of rotatable bonds is 9. The monoisotopic (exact) mass is 340 g/mol. The van der Waals surface area contributed by atoms with Crippen molar-refractivity contribution in [3.63, 3.8) is 0 Å². The van der Waals surface area contributed by atoms with Crippen LogP contribution in [0, 0.1) is 0 Å². The first-order valence-electron chi connectivity index (χ1n) is 7.96. The van der Waals surface area contributed by atoms with Gasteiger partial charge in [0.15, 0.2) is 0 Å². The third-order valence-electron chi connectivity index (χ3n) is 4.02. The van der Waals surface area contributed by atoms with E-state index in [1.54, 1.807) is 26.4 Å². The summed E-state index contributed by atoms with van der Waals surface area (Å²) in [5.41, 5.74) is -0.0608. The average molecular weight is 340 g/mol. The molecule has 0 aliphatic heterocycles. The van der Waals surface area contributed by atoms with Gasteiger partial charge in [-0.3, -0.25) is 0 Å². The second-order valence-corrected chi connectivity index (χ2v) is 5.54. The van der Waals surface area contributed by atoms with E-state index in [1.165, 1.54) is 6.08 Å². The number of aliphatic hydroxyl groups is 1. The molecule has 0 bridgehead atoms. The third kappa shape index (κ3) is 4.10. The largest absolute Gasteiger partial charge is 0.497 e. The zero-order chi connectivity index (χ0) is 18.3. The number of methoxy groups -OCH3 is 2. The van der Waals surface area contributed by atoms with Crippen LogP contribution in [0.1, 0.15) is 17.2 Å². The molecule has 0 spiro atoms. The van der Waals surface area contributed by atoms with E-state index < -0.39 is 11.7 Å². The highest BCUT2D eigenvalue weighted by atomic mass is 16.5. The molecule has 4 nitrogen and oxygen atoms in total. The van der Waals surface area contributed by atoms with E-state index >= 15 is 0 Å². The van der Waals surface area contributed by atoms with Gasteiger partial charge in [-0.1, -0.05) is 43.0 Å². The summed E-state index contributed by atoms with van der Waals surface area (Å²) in [6, 6.07) is 14.6. The van der Waals surface area contributed by atoms with Crippen molar-refractivity contribution in [2.45, 2.75) is 11.7 Å². The van der Waals surface area contributed by atoms with Gasteiger partial charge in [0.2, 0.25) is 0 Å². The maximum atomic E-state index is 11.4. The quantitative estimate of drug-likeness (QED) is 0.701. The lowest BCUT2D eigenvalue weighted by atomic mass is 9.84. The molecule has 0 unspecified atom stereocenters. The van der Waals surface area contributed by atoms with E-state index in [0.29, 0.717) is 17.1 Å². The first kappa shape index (κ1) is 18.8. The maximum absolute atomic E-state index is 11.4. The van der Waals surface area contributed by atoms with Crippen LogP contribution in [0.3, 0.4) is 0 Å². The Morgan fingerprint density at radius 3 is 2.28 bits per heavy atom. The summed E-state index contributed by atoms with van der Waals surface area (Å²) in [4.78, 5) is 0. The van der Waals surface area contributed by atoms with E-state index in [0.717, 1.165) is 5.56 Å². The van der Waals surface area contributed by atoms with Gasteiger partial charge in [0.05, 0.1) is 20.8 Å². The normalized spacial score (nSPS) is 14.2. The maximum Gasteiger partial charge on any atom is 0.138 e. The van der Waals surface area contributed by atoms with Crippen LogP contribution in [-0.2, 0) is 10.3 Å². The fourth-order valence-corrected chi connectivity index (χ4v) is 2.69. The Labute approximate surface area is 149 Å². The van der Waals surface area contributed by atoms with Crippen molar-refractivity contribution in [3.05, 3.63) is 85.0 Å². The Hall–Kier alpha value is -2.56. The molecule has 0 amide bonds. The van der Waals surface area contributed by atoms with E-state index in [4.69, 9.17) is 14.2 Å². The van der Waals surface area contributed by atoms with Crippen LogP contribution in [0.15, 0.2) is 73.8 Å². The molecule has 0 radical (unpaired) electrons. The highest BCUT2D eigenvalue weighted by molar-refractivity contribution is 5.40. The lowest BCUT2D eigenvalue weighted by Gasteiger charge is -2.34. The summed E-state index contributed by atoms with van der Waals surface area (Å²) in [6.07, 6.45) is 2.43. The molecule has 2 rings (SSSR count). The Balaban J connectivity index is 2.54. The van der Waals surface area contributed by atoms with E-state index in [1.807, 2.05) is 42.5 Å². The molecule has 0 fully saturated rings. The molecule has 0 aliphatic rings.